The minimum Gasteiger partial charge on any atom is -0.454 e. The van der Waals surface area contributed by atoms with E-state index in [1.165, 1.54) is 0 Å². The van der Waals surface area contributed by atoms with E-state index < -0.39 is 0 Å². The number of nitriles is 1. The van der Waals surface area contributed by atoms with Crippen LogP contribution in [0, 0.1) is 18.3 Å². The highest BCUT2D eigenvalue weighted by atomic mass is 35.5. The molecule has 2 N–H and O–H groups in total. The molecule has 90 valence electrons. The number of benzene rings is 2. The molecule has 2 aromatic rings. The van der Waals surface area contributed by atoms with Gasteiger partial charge in [-0.25, -0.2) is 0 Å². The zero-order chi connectivity index (χ0) is 13.1. The molecule has 18 heavy (non-hydrogen) atoms. The van der Waals surface area contributed by atoms with Gasteiger partial charge in [-0.3, -0.25) is 0 Å². The number of nitrogen functional groups attached to an aromatic ring is 1. The molecule has 0 heterocycles. The van der Waals surface area contributed by atoms with Gasteiger partial charge in [-0.1, -0.05) is 23.7 Å². The SMILES string of the molecule is Cc1cccc(Oc2ccc(Cl)cc2C#N)c1N. The standard InChI is InChI=1S/C14H11ClN2O/c1-9-3-2-4-13(14(9)17)18-12-6-5-11(15)7-10(12)8-16/h2-7H,17H2,1H3. The van der Waals surface area contributed by atoms with Crippen molar-refractivity contribution in [1.29, 1.82) is 5.26 Å². The lowest BCUT2D eigenvalue weighted by molar-refractivity contribution is 0.483. The van der Waals surface area contributed by atoms with Gasteiger partial charge in [0.25, 0.3) is 0 Å². The van der Waals surface area contributed by atoms with Crippen molar-refractivity contribution in [2.24, 2.45) is 0 Å². The first-order valence-corrected chi connectivity index (χ1v) is 5.72. The fourth-order valence-electron chi connectivity index (χ4n) is 1.54. The molecule has 0 aliphatic heterocycles. The maximum absolute atomic E-state index is 9.02. The molecule has 0 radical (unpaired) electrons. The van der Waals surface area contributed by atoms with Crippen molar-refractivity contribution in [3.05, 3.63) is 52.5 Å². The van der Waals surface area contributed by atoms with Gasteiger partial charge in [0.05, 0.1) is 11.3 Å². The van der Waals surface area contributed by atoms with Gasteiger partial charge in [0.2, 0.25) is 0 Å². The van der Waals surface area contributed by atoms with Crippen LogP contribution < -0.4 is 10.5 Å². The van der Waals surface area contributed by atoms with Crippen LogP contribution in [0.4, 0.5) is 5.69 Å². The third kappa shape index (κ3) is 2.39. The van der Waals surface area contributed by atoms with Crippen LogP contribution in [0.3, 0.4) is 0 Å². The second-order valence-electron chi connectivity index (χ2n) is 3.84. The molecule has 0 unspecified atom stereocenters. The molecule has 0 atom stereocenters. The van der Waals surface area contributed by atoms with E-state index in [0.29, 0.717) is 27.8 Å². The molecule has 0 amide bonds. The Hall–Kier alpha value is -2.18. The summed E-state index contributed by atoms with van der Waals surface area (Å²) < 4.78 is 5.66. The van der Waals surface area contributed by atoms with Gasteiger partial charge in [0.15, 0.2) is 5.75 Å². The Balaban J connectivity index is 2.41. The van der Waals surface area contributed by atoms with Crippen LogP contribution in [0.15, 0.2) is 36.4 Å². The number of aryl methyl sites for hydroxylation is 1. The maximum Gasteiger partial charge on any atom is 0.150 e. The number of halogens is 1. The highest BCUT2D eigenvalue weighted by Gasteiger charge is 2.08. The number of nitrogens with two attached hydrogens (primary N) is 1. The Labute approximate surface area is 110 Å². The molecule has 0 fully saturated rings. The largest absolute Gasteiger partial charge is 0.454 e. The Morgan fingerprint density at radius 1 is 1.22 bits per heavy atom. The first-order chi connectivity index (χ1) is 8.61. The second kappa shape index (κ2) is 4.99. The highest BCUT2D eigenvalue weighted by molar-refractivity contribution is 6.30. The van der Waals surface area contributed by atoms with Gasteiger partial charge >= 0.3 is 0 Å². The lowest BCUT2D eigenvalue weighted by Gasteiger charge is -2.11. The predicted molar refractivity (Wildman–Crippen MR) is 71.8 cm³/mol. The molecule has 0 bridgehead atoms. The number of hydrogen-bond donors (Lipinski definition) is 1. The van der Waals surface area contributed by atoms with Crippen LogP contribution >= 0.6 is 11.6 Å². The smallest absolute Gasteiger partial charge is 0.150 e. The number of nitrogens with zero attached hydrogens (tertiary/aromatic N) is 1. The number of hydrogen-bond acceptors (Lipinski definition) is 3. The molecule has 0 aliphatic carbocycles. The lowest BCUT2D eigenvalue weighted by Crippen LogP contribution is -1.95. The third-order valence-corrected chi connectivity index (χ3v) is 2.80. The molecule has 0 aromatic heterocycles. The van der Waals surface area contributed by atoms with Crippen molar-refractivity contribution in [3.8, 4) is 17.6 Å². The average Bonchev–Trinajstić information content (AvgIpc) is 2.37. The summed E-state index contributed by atoms with van der Waals surface area (Å²) in [6.07, 6.45) is 0. The fraction of sp³-hybridized carbons (Fsp3) is 0.0714. The van der Waals surface area contributed by atoms with Crippen LogP contribution in [0.1, 0.15) is 11.1 Å². The number of ether oxygens (including phenoxy) is 1. The topological polar surface area (TPSA) is 59.0 Å². The van der Waals surface area contributed by atoms with Gasteiger partial charge in [-0.2, -0.15) is 5.26 Å². The Morgan fingerprint density at radius 2 is 2.00 bits per heavy atom. The summed E-state index contributed by atoms with van der Waals surface area (Å²) >= 11 is 5.82. The number of rotatable bonds is 2. The van der Waals surface area contributed by atoms with E-state index in [4.69, 9.17) is 27.3 Å². The van der Waals surface area contributed by atoms with Crippen molar-refractivity contribution in [3.63, 3.8) is 0 Å². The van der Waals surface area contributed by atoms with Crippen molar-refractivity contribution < 1.29 is 4.74 Å². The van der Waals surface area contributed by atoms with Crippen molar-refractivity contribution in [2.75, 3.05) is 5.73 Å². The van der Waals surface area contributed by atoms with E-state index in [9.17, 15) is 0 Å². The van der Waals surface area contributed by atoms with Crippen LogP contribution in [0.25, 0.3) is 0 Å². The zero-order valence-electron chi connectivity index (χ0n) is 9.77. The van der Waals surface area contributed by atoms with Crippen LogP contribution in [-0.4, -0.2) is 0 Å². The van der Waals surface area contributed by atoms with E-state index >= 15 is 0 Å². The fourth-order valence-corrected chi connectivity index (χ4v) is 1.71. The summed E-state index contributed by atoms with van der Waals surface area (Å²) in [4.78, 5) is 0. The molecular weight excluding hydrogens is 248 g/mol. The van der Waals surface area contributed by atoms with Crippen molar-refractivity contribution >= 4 is 17.3 Å². The van der Waals surface area contributed by atoms with Gasteiger partial charge in [0, 0.05) is 5.02 Å². The monoisotopic (exact) mass is 258 g/mol. The van der Waals surface area contributed by atoms with Crippen LogP contribution in [0.5, 0.6) is 11.5 Å². The van der Waals surface area contributed by atoms with E-state index in [1.807, 2.05) is 25.1 Å². The molecule has 4 heteroatoms. The van der Waals surface area contributed by atoms with Crippen molar-refractivity contribution in [2.45, 2.75) is 6.92 Å². The van der Waals surface area contributed by atoms with E-state index in [-0.39, 0.29) is 0 Å². The molecule has 2 rings (SSSR count). The first kappa shape index (κ1) is 12.3. The number of para-hydroxylation sites is 1. The van der Waals surface area contributed by atoms with Gasteiger partial charge < -0.3 is 10.5 Å². The molecule has 2 aromatic carbocycles. The molecular formula is C14H11ClN2O. The summed E-state index contributed by atoms with van der Waals surface area (Å²) in [6.45, 7) is 1.90. The normalized spacial score (nSPS) is 9.83. The minimum absolute atomic E-state index is 0.378. The summed E-state index contributed by atoms with van der Waals surface area (Å²) in [5.41, 5.74) is 7.79. The Morgan fingerprint density at radius 3 is 2.72 bits per heavy atom. The molecule has 3 nitrogen and oxygen atoms in total. The first-order valence-electron chi connectivity index (χ1n) is 5.34. The lowest BCUT2D eigenvalue weighted by atomic mass is 10.2. The summed E-state index contributed by atoms with van der Waals surface area (Å²) in [6, 6.07) is 12.4. The van der Waals surface area contributed by atoms with Gasteiger partial charge in [0.1, 0.15) is 11.8 Å². The second-order valence-corrected chi connectivity index (χ2v) is 4.28. The third-order valence-electron chi connectivity index (χ3n) is 2.57. The van der Waals surface area contributed by atoms with E-state index in [1.54, 1.807) is 24.3 Å². The summed E-state index contributed by atoms with van der Waals surface area (Å²) in [7, 11) is 0. The Bertz CT molecular complexity index is 632. The van der Waals surface area contributed by atoms with E-state index in [0.717, 1.165) is 5.56 Å². The molecule has 0 saturated heterocycles. The van der Waals surface area contributed by atoms with Gasteiger partial charge in [-0.15, -0.1) is 0 Å². The van der Waals surface area contributed by atoms with Gasteiger partial charge in [-0.05, 0) is 36.8 Å². The van der Waals surface area contributed by atoms with Crippen LogP contribution in [-0.2, 0) is 0 Å². The van der Waals surface area contributed by atoms with Crippen molar-refractivity contribution in [1.82, 2.24) is 0 Å². The average molecular weight is 259 g/mol. The predicted octanol–water partition coefficient (Wildman–Crippen LogP) is 3.89. The zero-order valence-corrected chi connectivity index (χ0v) is 10.5. The molecule has 0 saturated carbocycles. The number of anilines is 1. The maximum atomic E-state index is 9.02. The highest BCUT2D eigenvalue weighted by Crippen LogP contribution is 2.32. The summed E-state index contributed by atoms with van der Waals surface area (Å²) in [5, 5.41) is 9.52. The molecule has 0 spiro atoms. The molecule has 0 aliphatic rings. The van der Waals surface area contributed by atoms with E-state index in [2.05, 4.69) is 0 Å². The summed E-state index contributed by atoms with van der Waals surface area (Å²) in [5.74, 6) is 0.980. The minimum atomic E-state index is 0.378. The Kier molecular flexibility index (Phi) is 3.40. The van der Waals surface area contributed by atoms with Crippen LogP contribution in [0.2, 0.25) is 5.02 Å². The quantitative estimate of drug-likeness (QED) is 0.831.